The number of rotatable bonds is 4. The number of carbonyl (C=O) groups excluding carboxylic acids is 1. The van der Waals surface area contributed by atoms with E-state index in [2.05, 4.69) is 5.32 Å². The van der Waals surface area contributed by atoms with Gasteiger partial charge in [0.15, 0.2) is 11.6 Å². The van der Waals surface area contributed by atoms with E-state index in [4.69, 9.17) is 5.11 Å². The van der Waals surface area contributed by atoms with E-state index in [1.807, 2.05) is 0 Å². The molecule has 7 heteroatoms. The van der Waals surface area contributed by atoms with Gasteiger partial charge in [-0.1, -0.05) is 0 Å². The molecule has 1 aromatic rings. The molecular weight excluding hydrogens is 261 g/mol. The minimum Gasteiger partial charge on any atom is -0.393 e. The molecule has 0 radical (unpaired) electrons. The van der Waals surface area contributed by atoms with Crippen molar-refractivity contribution >= 4 is 11.7 Å². The molecule has 0 heterocycles. The van der Waals surface area contributed by atoms with Crippen LogP contribution in [0.5, 0.6) is 0 Å². The first-order valence-electron chi connectivity index (χ1n) is 5.66. The highest BCUT2D eigenvalue weighted by molar-refractivity contribution is 5.89. The van der Waals surface area contributed by atoms with Crippen molar-refractivity contribution < 1.29 is 23.1 Å². The quantitative estimate of drug-likeness (QED) is 0.829. The second kappa shape index (κ2) is 6.42. The molecule has 1 unspecified atom stereocenters. The summed E-state index contributed by atoms with van der Waals surface area (Å²) in [5.41, 5.74) is -0.437. The Morgan fingerprint density at radius 3 is 2.47 bits per heavy atom. The van der Waals surface area contributed by atoms with Crippen LogP contribution in [0.25, 0.3) is 0 Å². The Balaban J connectivity index is 2.69. The second-order valence-corrected chi connectivity index (χ2v) is 4.24. The fourth-order valence-corrected chi connectivity index (χ4v) is 1.31. The first-order chi connectivity index (χ1) is 8.81. The van der Waals surface area contributed by atoms with Gasteiger partial charge in [0.05, 0.1) is 11.8 Å². The summed E-state index contributed by atoms with van der Waals surface area (Å²) in [6.07, 6.45) is -0.222. The van der Waals surface area contributed by atoms with Crippen LogP contribution in [0.15, 0.2) is 12.1 Å². The van der Waals surface area contributed by atoms with E-state index in [0.29, 0.717) is 18.6 Å². The zero-order chi connectivity index (χ0) is 14.6. The molecule has 0 aliphatic rings. The van der Waals surface area contributed by atoms with Crippen LogP contribution in [-0.2, 0) is 0 Å². The number of hydrogen-bond acceptors (Lipinski definition) is 2. The molecule has 1 rings (SSSR count). The molecule has 19 heavy (non-hydrogen) atoms. The monoisotopic (exact) mass is 276 g/mol. The predicted octanol–water partition coefficient (Wildman–Crippen LogP) is 2.34. The summed E-state index contributed by atoms with van der Waals surface area (Å²) >= 11 is 0. The molecule has 1 atom stereocenters. The van der Waals surface area contributed by atoms with Crippen molar-refractivity contribution in [1.82, 2.24) is 4.90 Å². The number of amides is 2. The van der Waals surface area contributed by atoms with Crippen LogP contribution in [0, 0.1) is 17.5 Å². The summed E-state index contributed by atoms with van der Waals surface area (Å²) in [7, 11) is 1.44. The third-order valence-corrected chi connectivity index (χ3v) is 2.48. The minimum atomic E-state index is -1.32. The van der Waals surface area contributed by atoms with Gasteiger partial charge >= 0.3 is 6.03 Å². The smallest absolute Gasteiger partial charge is 0.321 e. The molecule has 0 saturated heterocycles. The zero-order valence-electron chi connectivity index (χ0n) is 10.6. The summed E-state index contributed by atoms with van der Waals surface area (Å²) in [4.78, 5) is 12.8. The van der Waals surface area contributed by atoms with Crippen LogP contribution >= 0.6 is 0 Å². The Morgan fingerprint density at radius 1 is 1.32 bits per heavy atom. The number of urea groups is 1. The van der Waals surface area contributed by atoms with Crippen molar-refractivity contribution in [2.45, 2.75) is 19.4 Å². The first-order valence-corrected chi connectivity index (χ1v) is 5.66. The lowest BCUT2D eigenvalue weighted by molar-refractivity contribution is 0.167. The first kappa shape index (κ1) is 15.3. The van der Waals surface area contributed by atoms with Gasteiger partial charge in [0.2, 0.25) is 0 Å². The van der Waals surface area contributed by atoms with E-state index >= 15 is 0 Å². The van der Waals surface area contributed by atoms with Crippen LogP contribution in [0.3, 0.4) is 0 Å². The Labute approximate surface area is 108 Å². The fourth-order valence-electron chi connectivity index (χ4n) is 1.31. The molecule has 0 saturated carbocycles. The van der Waals surface area contributed by atoms with Gasteiger partial charge in [-0.15, -0.1) is 0 Å². The molecule has 106 valence electrons. The summed E-state index contributed by atoms with van der Waals surface area (Å²) in [6, 6.07) is 0.261. The Hall–Kier alpha value is -1.76. The van der Waals surface area contributed by atoms with Crippen molar-refractivity contribution in [1.29, 1.82) is 0 Å². The number of anilines is 1. The van der Waals surface area contributed by atoms with E-state index in [9.17, 15) is 18.0 Å². The number of hydrogen-bond donors (Lipinski definition) is 2. The maximum Gasteiger partial charge on any atom is 0.321 e. The number of nitrogens with one attached hydrogen (secondary N) is 1. The van der Waals surface area contributed by atoms with Crippen LogP contribution in [-0.4, -0.2) is 35.7 Å². The number of halogens is 3. The van der Waals surface area contributed by atoms with Gasteiger partial charge in [-0.25, -0.2) is 18.0 Å². The zero-order valence-corrected chi connectivity index (χ0v) is 10.6. The highest BCUT2D eigenvalue weighted by Crippen LogP contribution is 2.18. The largest absolute Gasteiger partial charge is 0.393 e. The van der Waals surface area contributed by atoms with Crippen LogP contribution in [0.2, 0.25) is 0 Å². The Morgan fingerprint density at radius 2 is 1.89 bits per heavy atom. The van der Waals surface area contributed by atoms with E-state index in [1.54, 1.807) is 6.92 Å². The number of aliphatic hydroxyl groups excluding tert-OH is 1. The van der Waals surface area contributed by atoms with Gasteiger partial charge in [-0.05, 0) is 13.3 Å². The van der Waals surface area contributed by atoms with Gasteiger partial charge in [-0.3, -0.25) is 0 Å². The second-order valence-electron chi connectivity index (χ2n) is 4.24. The number of benzene rings is 1. The molecule has 0 bridgehead atoms. The fraction of sp³-hybridized carbons (Fsp3) is 0.417. The molecule has 4 nitrogen and oxygen atoms in total. The molecule has 2 N–H and O–H groups in total. The third kappa shape index (κ3) is 4.44. The lowest BCUT2D eigenvalue weighted by Crippen LogP contribution is -2.33. The average Bonchev–Trinajstić information content (AvgIpc) is 2.32. The molecule has 0 aromatic heterocycles. The predicted molar refractivity (Wildman–Crippen MR) is 64.3 cm³/mol. The van der Waals surface area contributed by atoms with Crippen LogP contribution < -0.4 is 5.32 Å². The van der Waals surface area contributed by atoms with Gasteiger partial charge in [-0.2, -0.15) is 0 Å². The molecule has 0 aliphatic carbocycles. The molecule has 0 spiro atoms. The SMILES string of the molecule is CC(O)CCN(C)C(=O)Nc1cc(F)c(F)cc1F. The van der Waals surface area contributed by atoms with Crippen molar-refractivity contribution in [2.75, 3.05) is 18.9 Å². The van der Waals surface area contributed by atoms with Crippen LogP contribution in [0.4, 0.5) is 23.7 Å². The van der Waals surface area contributed by atoms with Crippen molar-refractivity contribution in [3.63, 3.8) is 0 Å². The summed E-state index contributed by atoms with van der Waals surface area (Å²) in [5.74, 6) is -3.63. The maximum absolute atomic E-state index is 13.3. The molecular formula is C12H15F3N2O2. The van der Waals surface area contributed by atoms with Gasteiger partial charge < -0.3 is 15.3 Å². The van der Waals surface area contributed by atoms with Crippen LogP contribution in [0.1, 0.15) is 13.3 Å². The number of carbonyl (C=O) groups is 1. The van der Waals surface area contributed by atoms with Gasteiger partial charge in [0.25, 0.3) is 0 Å². The van der Waals surface area contributed by atoms with E-state index in [0.717, 1.165) is 0 Å². The average molecular weight is 276 g/mol. The van der Waals surface area contributed by atoms with Crippen molar-refractivity contribution in [3.05, 3.63) is 29.6 Å². The minimum absolute atomic E-state index is 0.245. The summed E-state index contributed by atoms with van der Waals surface area (Å²) < 4.78 is 38.9. The normalized spacial score (nSPS) is 12.1. The number of aliphatic hydroxyl groups is 1. The highest BCUT2D eigenvalue weighted by Gasteiger charge is 2.15. The highest BCUT2D eigenvalue weighted by atomic mass is 19.2. The summed E-state index contributed by atoms with van der Waals surface area (Å²) in [6.45, 7) is 1.82. The van der Waals surface area contributed by atoms with E-state index in [1.165, 1.54) is 11.9 Å². The molecule has 0 aliphatic heterocycles. The molecule has 2 amide bonds. The topological polar surface area (TPSA) is 52.6 Å². The third-order valence-electron chi connectivity index (χ3n) is 2.48. The lowest BCUT2D eigenvalue weighted by Gasteiger charge is -2.19. The van der Waals surface area contributed by atoms with E-state index in [-0.39, 0.29) is 6.54 Å². The maximum atomic E-state index is 13.3. The Bertz CT molecular complexity index is 467. The molecule has 1 aromatic carbocycles. The van der Waals surface area contributed by atoms with Gasteiger partial charge in [0, 0.05) is 25.7 Å². The van der Waals surface area contributed by atoms with Crippen molar-refractivity contribution in [2.24, 2.45) is 0 Å². The van der Waals surface area contributed by atoms with Gasteiger partial charge in [0.1, 0.15) is 5.82 Å². The lowest BCUT2D eigenvalue weighted by atomic mass is 10.2. The van der Waals surface area contributed by atoms with Crippen molar-refractivity contribution in [3.8, 4) is 0 Å². The molecule has 0 fully saturated rings. The summed E-state index contributed by atoms with van der Waals surface area (Å²) in [5, 5.41) is 11.2. The Kier molecular flexibility index (Phi) is 5.17. The number of nitrogens with zero attached hydrogens (tertiary/aromatic N) is 1. The standard InChI is InChI=1S/C12H15F3N2O2/c1-7(18)3-4-17(2)12(19)16-11-6-9(14)8(13)5-10(11)15/h5-7,18H,3-4H2,1-2H3,(H,16,19). The van der Waals surface area contributed by atoms with E-state index < -0.39 is 35.3 Å².